The number of likely N-dealkylation sites (tertiary alicyclic amines) is 1. The van der Waals surface area contributed by atoms with Crippen LogP contribution in [0.5, 0.6) is 0 Å². The zero-order valence-electron chi connectivity index (χ0n) is 10.6. The molecule has 0 aliphatic carbocycles. The van der Waals surface area contributed by atoms with Crippen molar-refractivity contribution in [2.24, 2.45) is 0 Å². The molecular weight excluding hydrogens is 226 g/mol. The van der Waals surface area contributed by atoms with Gasteiger partial charge in [0, 0.05) is 13.1 Å². The number of rotatable bonds is 4. The summed E-state index contributed by atoms with van der Waals surface area (Å²) in [5, 5.41) is 3.26. The maximum Gasteiger partial charge on any atom is 0.295 e. The van der Waals surface area contributed by atoms with Crippen molar-refractivity contribution in [2.75, 3.05) is 31.5 Å². The first-order chi connectivity index (χ1) is 8.92. The highest BCUT2D eigenvalue weighted by atomic mass is 16.4. The van der Waals surface area contributed by atoms with Gasteiger partial charge < -0.3 is 14.6 Å². The Morgan fingerprint density at radius 3 is 2.83 bits per heavy atom. The highest BCUT2D eigenvalue weighted by Crippen LogP contribution is 2.17. The predicted molar refractivity (Wildman–Crippen MR) is 72.8 cm³/mol. The fourth-order valence-corrected chi connectivity index (χ4v) is 2.45. The number of piperidine rings is 1. The molecule has 1 fully saturated rings. The number of hydrogen-bond acceptors (Lipinski definition) is 4. The zero-order valence-corrected chi connectivity index (χ0v) is 10.6. The van der Waals surface area contributed by atoms with E-state index in [1.807, 2.05) is 24.3 Å². The Kier molecular flexibility index (Phi) is 3.46. The molecule has 3 rings (SSSR count). The molecule has 1 saturated heterocycles. The molecule has 1 aromatic heterocycles. The maximum atomic E-state index is 5.62. The van der Waals surface area contributed by atoms with Crippen molar-refractivity contribution < 1.29 is 4.42 Å². The molecule has 0 atom stereocenters. The van der Waals surface area contributed by atoms with Crippen LogP contribution in [0.3, 0.4) is 0 Å². The third-order valence-electron chi connectivity index (χ3n) is 3.45. The van der Waals surface area contributed by atoms with Gasteiger partial charge in [0.1, 0.15) is 5.52 Å². The molecule has 2 heterocycles. The number of aromatic nitrogens is 1. The lowest BCUT2D eigenvalue weighted by Gasteiger charge is -2.26. The molecule has 1 aliphatic rings. The van der Waals surface area contributed by atoms with E-state index in [2.05, 4.69) is 15.2 Å². The molecule has 4 heteroatoms. The molecule has 1 aromatic carbocycles. The number of nitrogens with zero attached hydrogens (tertiary/aromatic N) is 2. The first-order valence-corrected chi connectivity index (χ1v) is 6.74. The van der Waals surface area contributed by atoms with Crippen LogP contribution in [0.1, 0.15) is 19.3 Å². The van der Waals surface area contributed by atoms with Gasteiger partial charge in [-0.15, -0.1) is 0 Å². The van der Waals surface area contributed by atoms with Gasteiger partial charge in [0.2, 0.25) is 0 Å². The minimum Gasteiger partial charge on any atom is -0.424 e. The molecule has 2 aromatic rings. The van der Waals surface area contributed by atoms with Gasteiger partial charge in [-0.05, 0) is 38.1 Å². The van der Waals surface area contributed by atoms with Gasteiger partial charge in [-0.1, -0.05) is 18.6 Å². The molecule has 18 heavy (non-hydrogen) atoms. The molecule has 0 unspecified atom stereocenters. The van der Waals surface area contributed by atoms with Gasteiger partial charge >= 0.3 is 0 Å². The molecule has 1 N–H and O–H groups in total. The average molecular weight is 245 g/mol. The van der Waals surface area contributed by atoms with Gasteiger partial charge in [-0.25, -0.2) is 0 Å². The van der Waals surface area contributed by atoms with Crippen molar-refractivity contribution in [1.29, 1.82) is 0 Å². The summed E-state index contributed by atoms with van der Waals surface area (Å²) >= 11 is 0. The van der Waals surface area contributed by atoms with Crippen molar-refractivity contribution in [2.45, 2.75) is 19.3 Å². The van der Waals surface area contributed by atoms with Crippen LogP contribution in [-0.2, 0) is 0 Å². The Morgan fingerprint density at radius 2 is 2.00 bits per heavy atom. The van der Waals surface area contributed by atoms with Crippen molar-refractivity contribution in [1.82, 2.24) is 9.88 Å². The minimum atomic E-state index is 0.633. The van der Waals surface area contributed by atoms with E-state index in [1.165, 1.54) is 32.4 Å². The van der Waals surface area contributed by atoms with E-state index in [4.69, 9.17) is 4.42 Å². The molecule has 4 nitrogen and oxygen atoms in total. The van der Waals surface area contributed by atoms with Crippen molar-refractivity contribution in [3.05, 3.63) is 24.3 Å². The summed E-state index contributed by atoms with van der Waals surface area (Å²) in [6, 6.07) is 8.48. The Morgan fingerprint density at radius 1 is 1.17 bits per heavy atom. The molecule has 0 bridgehead atoms. The molecule has 0 radical (unpaired) electrons. The second-order valence-corrected chi connectivity index (χ2v) is 4.82. The maximum absolute atomic E-state index is 5.62. The Balaban J connectivity index is 1.53. The quantitative estimate of drug-likeness (QED) is 0.899. The van der Waals surface area contributed by atoms with Crippen LogP contribution in [0.2, 0.25) is 0 Å². The third kappa shape index (κ3) is 2.64. The summed E-state index contributed by atoms with van der Waals surface area (Å²) in [5.74, 6) is 0. The fourth-order valence-electron chi connectivity index (χ4n) is 2.45. The van der Waals surface area contributed by atoms with E-state index < -0.39 is 0 Å². The summed E-state index contributed by atoms with van der Waals surface area (Å²) in [7, 11) is 0. The summed E-state index contributed by atoms with van der Waals surface area (Å²) in [6.07, 6.45) is 4.06. The van der Waals surface area contributed by atoms with Crippen LogP contribution in [0, 0.1) is 0 Å². The predicted octanol–water partition coefficient (Wildman–Crippen LogP) is 2.73. The highest BCUT2D eigenvalue weighted by Gasteiger charge is 2.10. The van der Waals surface area contributed by atoms with Crippen LogP contribution in [0.4, 0.5) is 6.01 Å². The van der Waals surface area contributed by atoms with Crippen LogP contribution >= 0.6 is 0 Å². The molecular formula is C14H19N3O. The van der Waals surface area contributed by atoms with E-state index in [0.29, 0.717) is 6.01 Å². The third-order valence-corrected chi connectivity index (χ3v) is 3.45. The fraction of sp³-hybridized carbons (Fsp3) is 0.500. The lowest BCUT2D eigenvalue weighted by atomic mass is 10.1. The van der Waals surface area contributed by atoms with E-state index in [0.717, 1.165) is 24.2 Å². The van der Waals surface area contributed by atoms with Crippen LogP contribution in [-0.4, -0.2) is 36.1 Å². The standard InChI is InChI=1S/C14H19N3O/c1-4-9-17(10-5-1)11-8-15-14-16-12-6-2-3-7-13(12)18-14/h2-3,6-7H,1,4-5,8-11H2,(H,15,16). The largest absolute Gasteiger partial charge is 0.424 e. The topological polar surface area (TPSA) is 41.3 Å². The first-order valence-electron chi connectivity index (χ1n) is 6.74. The second-order valence-electron chi connectivity index (χ2n) is 4.82. The number of benzene rings is 1. The summed E-state index contributed by atoms with van der Waals surface area (Å²) < 4.78 is 5.62. The van der Waals surface area contributed by atoms with Crippen LogP contribution in [0.15, 0.2) is 28.7 Å². The smallest absolute Gasteiger partial charge is 0.295 e. The molecule has 96 valence electrons. The lowest BCUT2D eigenvalue weighted by molar-refractivity contribution is 0.236. The number of nitrogens with one attached hydrogen (secondary N) is 1. The lowest BCUT2D eigenvalue weighted by Crippen LogP contribution is -2.33. The Hall–Kier alpha value is -1.55. The van der Waals surface area contributed by atoms with E-state index in [-0.39, 0.29) is 0 Å². The number of anilines is 1. The van der Waals surface area contributed by atoms with Crippen molar-refractivity contribution in [3.63, 3.8) is 0 Å². The van der Waals surface area contributed by atoms with Gasteiger partial charge in [0.05, 0.1) is 0 Å². The number of hydrogen-bond donors (Lipinski definition) is 1. The van der Waals surface area contributed by atoms with Crippen molar-refractivity contribution >= 4 is 17.1 Å². The van der Waals surface area contributed by atoms with Crippen LogP contribution in [0.25, 0.3) is 11.1 Å². The summed E-state index contributed by atoms with van der Waals surface area (Å²) in [4.78, 5) is 6.90. The number of fused-ring (bicyclic) bond motifs is 1. The van der Waals surface area contributed by atoms with E-state index in [9.17, 15) is 0 Å². The molecule has 0 spiro atoms. The highest BCUT2D eigenvalue weighted by molar-refractivity contribution is 5.74. The van der Waals surface area contributed by atoms with E-state index in [1.54, 1.807) is 0 Å². The van der Waals surface area contributed by atoms with Gasteiger partial charge in [0.25, 0.3) is 6.01 Å². The summed E-state index contributed by atoms with van der Waals surface area (Å²) in [5.41, 5.74) is 1.76. The normalized spacial score (nSPS) is 17.1. The molecule has 0 saturated carbocycles. The molecule has 0 amide bonds. The number of oxazole rings is 1. The molecule has 1 aliphatic heterocycles. The van der Waals surface area contributed by atoms with Gasteiger partial charge in [0.15, 0.2) is 5.58 Å². The minimum absolute atomic E-state index is 0.633. The average Bonchev–Trinajstić information content (AvgIpc) is 2.82. The van der Waals surface area contributed by atoms with Gasteiger partial charge in [-0.3, -0.25) is 0 Å². The first kappa shape index (κ1) is 11.5. The number of para-hydroxylation sites is 2. The monoisotopic (exact) mass is 245 g/mol. The van der Waals surface area contributed by atoms with Crippen molar-refractivity contribution in [3.8, 4) is 0 Å². The summed E-state index contributed by atoms with van der Waals surface area (Å²) in [6.45, 7) is 4.43. The zero-order chi connectivity index (χ0) is 12.2. The Labute approximate surface area is 107 Å². The Bertz CT molecular complexity index is 469. The second kappa shape index (κ2) is 5.40. The van der Waals surface area contributed by atoms with Crippen LogP contribution < -0.4 is 5.32 Å². The SMILES string of the molecule is c1ccc2oc(NCCN3CCCCC3)nc2c1. The van der Waals surface area contributed by atoms with E-state index >= 15 is 0 Å². The van der Waals surface area contributed by atoms with Gasteiger partial charge in [-0.2, -0.15) is 4.98 Å².